The fourth-order valence-electron chi connectivity index (χ4n) is 3.72. The molecule has 9 nitrogen and oxygen atoms in total. The van der Waals surface area contributed by atoms with Gasteiger partial charge in [-0.05, 0) is 48.0 Å². The van der Waals surface area contributed by atoms with Crippen LogP contribution in [0.4, 0.5) is 0 Å². The average Bonchev–Trinajstić information content (AvgIpc) is 2.87. The third kappa shape index (κ3) is 6.98. The van der Waals surface area contributed by atoms with Gasteiger partial charge in [0.2, 0.25) is 16.3 Å². The van der Waals surface area contributed by atoms with Gasteiger partial charge in [0.15, 0.2) is 5.76 Å². The van der Waals surface area contributed by atoms with E-state index in [1.165, 1.54) is 24.1 Å². The number of hydrogen-bond donors (Lipinski definition) is 1. The average molecular weight is 539 g/mol. The molecule has 0 aromatic heterocycles. The van der Waals surface area contributed by atoms with Gasteiger partial charge in [-0.1, -0.05) is 23.7 Å². The monoisotopic (exact) mass is 538 g/mol. The molecule has 0 spiro atoms. The van der Waals surface area contributed by atoms with E-state index in [9.17, 15) is 18.3 Å². The molecular formula is C25H31ClN2O7S. The molecule has 36 heavy (non-hydrogen) atoms. The molecule has 0 radical (unpaired) electrons. The molecule has 2 aromatic carbocycles. The van der Waals surface area contributed by atoms with Crippen LogP contribution < -0.4 is 4.74 Å². The third-order valence-electron chi connectivity index (χ3n) is 5.66. The zero-order chi connectivity index (χ0) is 26.3. The number of rotatable bonds is 11. The molecule has 0 bridgehead atoms. The van der Waals surface area contributed by atoms with Crippen LogP contribution in [0.25, 0.3) is 0 Å². The number of ether oxygens (including phenoxy) is 3. The van der Waals surface area contributed by atoms with Gasteiger partial charge in [-0.15, -0.1) is 0 Å². The Hall–Kier alpha value is -2.63. The summed E-state index contributed by atoms with van der Waals surface area (Å²) in [5, 5.41) is 10.1. The lowest BCUT2D eigenvalue weighted by molar-refractivity contribution is -0.151. The highest BCUT2D eigenvalue weighted by atomic mass is 35.5. The number of amides is 1. The summed E-state index contributed by atoms with van der Waals surface area (Å²) in [5.41, 5.74) is 0.948. The van der Waals surface area contributed by atoms with Crippen molar-refractivity contribution in [2.45, 2.75) is 23.5 Å². The number of benzene rings is 2. The van der Waals surface area contributed by atoms with Crippen LogP contribution in [0.1, 0.15) is 17.9 Å². The Bertz CT molecular complexity index is 1150. The number of allylic oxidation sites excluding steroid dienone is 1. The van der Waals surface area contributed by atoms with E-state index in [4.69, 9.17) is 25.8 Å². The summed E-state index contributed by atoms with van der Waals surface area (Å²) in [4.78, 5) is 14.1. The molecule has 0 fully saturated rings. The quantitative estimate of drug-likeness (QED) is 0.469. The van der Waals surface area contributed by atoms with E-state index in [2.05, 4.69) is 0 Å². The number of sulfonamides is 1. The maximum Gasteiger partial charge on any atom is 0.288 e. The highest BCUT2D eigenvalue weighted by Gasteiger charge is 2.30. The van der Waals surface area contributed by atoms with E-state index < -0.39 is 16.3 Å². The van der Waals surface area contributed by atoms with Crippen molar-refractivity contribution < 1.29 is 32.5 Å². The molecule has 0 saturated heterocycles. The van der Waals surface area contributed by atoms with E-state index in [1.807, 2.05) is 12.1 Å². The Labute approximate surface area is 216 Å². The second-order valence-electron chi connectivity index (χ2n) is 8.35. The van der Waals surface area contributed by atoms with E-state index >= 15 is 0 Å². The lowest BCUT2D eigenvalue weighted by Gasteiger charge is -2.31. The summed E-state index contributed by atoms with van der Waals surface area (Å²) in [6, 6.07) is 13.3. The summed E-state index contributed by atoms with van der Waals surface area (Å²) in [6.45, 7) is -0.461. The standard InChI is InChI=1S/C25H31ClN2O7S/c1-27(2)25(30)23-16-19(18-4-6-20(26)7-5-18)17-24(35-23)34-15-13-28(12-14-29)36(31,32)22-10-8-21(33-3)9-11-22/h4-11,16,19,24,29H,12-15,17H2,1-3H3/t19-,24+/m1/s1. The van der Waals surface area contributed by atoms with Gasteiger partial charge >= 0.3 is 0 Å². The highest BCUT2D eigenvalue weighted by molar-refractivity contribution is 7.89. The Balaban J connectivity index is 1.71. The second kappa shape index (κ2) is 12.6. The SMILES string of the molecule is COc1ccc(S(=O)(=O)N(CCO)CCO[C@@H]2C[C@H](c3ccc(Cl)cc3)C=C(C(=O)N(C)C)O2)cc1. The van der Waals surface area contributed by atoms with E-state index in [0.29, 0.717) is 17.2 Å². The maximum absolute atomic E-state index is 13.1. The number of methoxy groups -OCH3 is 1. The molecule has 3 rings (SSSR count). The molecule has 1 N–H and O–H groups in total. The number of nitrogens with zero attached hydrogens (tertiary/aromatic N) is 2. The predicted molar refractivity (Wildman–Crippen MR) is 135 cm³/mol. The minimum absolute atomic E-state index is 0.00315. The predicted octanol–water partition coefficient (Wildman–Crippen LogP) is 2.85. The second-order valence-corrected chi connectivity index (χ2v) is 10.7. The normalized spacial score (nSPS) is 17.9. The first-order valence-corrected chi connectivity index (χ1v) is 13.2. The van der Waals surface area contributed by atoms with Crippen molar-refractivity contribution in [3.63, 3.8) is 0 Å². The van der Waals surface area contributed by atoms with Gasteiger partial charge in [0, 0.05) is 44.5 Å². The molecule has 1 heterocycles. The number of halogens is 1. The molecule has 1 amide bonds. The van der Waals surface area contributed by atoms with Gasteiger partial charge in [0.05, 0.1) is 25.2 Å². The molecule has 196 valence electrons. The molecular weight excluding hydrogens is 508 g/mol. The summed E-state index contributed by atoms with van der Waals surface area (Å²) in [5.74, 6) is 0.240. The van der Waals surface area contributed by atoms with Crippen molar-refractivity contribution in [1.82, 2.24) is 9.21 Å². The minimum Gasteiger partial charge on any atom is -0.497 e. The number of aliphatic hydroxyl groups excluding tert-OH is 1. The first-order valence-electron chi connectivity index (χ1n) is 11.4. The molecule has 1 aliphatic heterocycles. The summed E-state index contributed by atoms with van der Waals surface area (Å²) >= 11 is 6.02. The first kappa shape index (κ1) is 27.9. The smallest absolute Gasteiger partial charge is 0.288 e. The molecule has 0 aliphatic carbocycles. The zero-order valence-corrected chi connectivity index (χ0v) is 22.0. The lowest BCUT2D eigenvalue weighted by atomic mass is 9.93. The Morgan fingerprint density at radius 2 is 1.78 bits per heavy atom. The van der Waals surface area contributed by atoms with Crippen molar-refractivity contribution >= 4 is 27.5 Å². The van der Waals surface area contributed by atoms with Gasteiger partial charge in [-0.25, -0.2) is 8.42 Å². The van der Waals surface area contributed by atoms with Gasteiger partial charge in [0.1, 0.15) is 5.75 Å². The number of carbonyl (C=O) groups is 1. The van der Waals surface area contributed by atoms with Crippen molar-refractivity contribution in [2.24, 2.45) is 0 Å². The maximum atomic E-state index is 13.1. The van der Waals surface area contributed by atoms with Gasteiger partial charge in [-0.2, -0.15) is 4.31 Å². The summed E-state index contributed by atoms with van der Waals surface area (Å²) in [7, 11) is 0.884. The zero-order valence-electron chi connectivity index (χ0n) is 20.5. The number of carbonyl (C=O) groups excluding carboxylic acids is 1. The van der Waals surface area contributed by atoms with Crippen molar-refractivity contribution in [3.8, 4) is 5.75 Å². The number of likely N-dealkylation sites (N-methyl/N-ethyl adjacent to an activating group) is 1. The van der Waals surface area contributed by atoms with Crippen molar-refractivity contribution in [1.29, 1.82) is 0 Å². The minimum atomic E-state index is -3.87. The van der Waals surface area contributed by atoms with Crippen LogP contribution in [-0.4, -0.2) is 82.4 Å². The Kier molecular flexibility index (Phi) is 9.75. The van der Waals surface area contributed by atoms with Crippen molar-refractivity contribution in [3.05, 3.63) is 71.0 Å². The van der Waals surface area contributed by atoms with Crippen LogP contribution in [0.15, 0.2) is 65.3 Å². The van der Waals surface area contributed by atoms with Crippen molar-refractivity contribution in [2.75, 3.05) is 47.5 Å². The van der Waals surface area contributed by atoms with Gasteiger partial charge in [-0.3, -0.25) is 4.79 Å². The topological polar surface area (TPSA) is 106 Å². The summed E-state index contributed by atoms with van der Waals surface area (Å²) in [6.07, 6.45) is 1.42. The fourth-order valence-corrected chi connectivity index (χ4v) is 5.26. The molecule has 2 aromatic rings. The Morgan fingerprint density at radius 1 is 1.11 bits per heavy atom. The van der Waals surface area contributed by atoms with Gasteiger partial charge in [0.25, 0.3) is 5.91 Å². The molecule has 1 aliphatic rings. The number of aliphatic hydroxyl groups is 1. The highest BCUT2D eigenvalue weighted by Crippen LogP contribution is 2.32. The van der Waals surface area contributed by atoms with Crippen LogP contribution in [-0.2, 0) is 24.3 Å². The van der Waals surface area contributed by atoms with Crippen LogP contribution in [0.5, 0.6) is 5.75 Å². The molecule has 2 atom stereocenters. The fraction of sp³-hybridized carbons (Fsp3) is 0.400. The van der Waals surface area contributed by atoms with Crippen LogP contribution >= 0.6 is 11.6 Å². The van der Waals surface area contributed by atoms with E-state index in [1.54, 1.807) is 44.4 Å². The largest absolute Gasteiger partial charge is 0.497 e. The van der Waals surface area contributed by atoms with Crippen LogP contribution in [0.2, 0.25) is 5.02 Å². The van der Waals surface area contributed by atoms with Crippen LogP contribution in [0, 0.1) is 0 Å². The Morgan fingerprint density at radius 3 is 2.36 bits per heavy atom. The van der Waals surface area contributed by atoms with E-state index in [-0.39, 0.29) is 48.8 Å². The number of hydrogen-bond acceptors (Lipinski definition) is 7. The lowest BCUT2D eigenvalue weighted by Crippen LogP contribution is -2.38. The van der Waals surface area contributed by atoms with Gasteiger partial charge < -0.3 is 24.2 Å². The summed E-state index contributed by atoms with van der Waals surface area (Å²) < 4.78 is 44.1. The van der Waals surface area contributed by atoms with Crippen LogP contribution in [0.3, 0.4) is 0 Å². The molecule has 0 saturated carbocycles. The third-order valence-corrected chi connectivity index (χ3v) is 7.83. The molecule has 11 heteroatoms. The molecule has 0 unspecified atom stereocenters. The van der Waals surface area contributed by atoms with E-state index in [0.717, 1.165) is 9.87 Å². The first-order chi connectivity index (χ1) is 17.1.